The fraction of sp³-hybridized carbons (Fsp3) is 0.111. The molecule has 3 rings (SSSR count). The van der Waals surface area contributed by atoms with Crippen molar-refractivity contribution >= 4 is 10.8 Å². The van der Waals surface area contributed by atoms with Gasteiger partial charge in [-0.05, 0) is 41.8 Å². The Kier molecular flexibility index (Phi) is 3.01. The Hall–Kier alpha value is -2.22. The van der Waals surface area contributed by atoms with Crippen molar-refractivity contribution in [2.24, 2.45) is 0 Å². The highest BCUT2D eigenvalue weighted by atomic mass is 19.2. The fourth-order valence-electron chi connectivity index (χ4n) is 2.40. The summed E-state index contributed by atoms with van der Waals surface area (Å²) in [5.41, 5.74) is 2.49. The van der Waals surface area contributed by atoms with Gasteiger partial charge in [0.25, 0.3) is 0 Å². The van der Waals surface area contributed by atoms with Gasteiger partial charge in [0, 0.05) is 5.56 Å². The van der Waals surface area contributed by atoms with Gasteiger partial charge in [0.15, 0.2) is 11.6 Å². The van der Waals surface area contributed by atoms with Crippen molar-refractivity contribution in [1.29, 1.82) is 0 Å². The van der Waals surface area contributed by atoms with Crippen molar-refractivity contribution in [3.8, 4) is 11.1 Å². The van der Waals surface area contributed by atoms with Gasteiger partial charge in [0.2, 0.25) is 0 Å². The number of rotatable bonds is 1. The third kappa shape index (κ3) is 2.07. The van der Waals surface area contributed by atoms with Gasteiger partial charge in [0.1, 0.15) is 0 Å². The summed E-state index contributed by atoms with van der Waals surface area (Å²) in [5.74, 6) is -1.55. The van der Waals surface area contributed by atoms with Gasteiger partial charge in [-0.3, -0.25) is 0 Å². The Bertz CT molecular complexity index is 804. The molecule has 0 aliphatic rings. The highest BCUT2D eigenvalue weighted by Gasteiger charge is 2.12. The van der Waals surface area contributed by atoms with E-state index in [1.807, 2.05) is 37.3 Å². The molecule has 2 heteroatoms. The molecular formula is C18H14F2. The molecule has 0 N–H and O–H groups in total. The van der Waals surface area contributed by atoms with Crippen molar-refractivity contribution in [1.82, 2.24) is 0 Å². The Morgan fingerprint density at radius 2 is 1.40 bits per heavy atom. The summed E-state index contributed by atoms with van der Waals surface area (Å²) >= 11 is 0. The summed E-state index contributed by atoms with van der Waals surface area (Å²) in [6.07, 6.45) is 0. The van der Waals surface area contributed by atoms with E-state index < -0.39 is 11.6 Å². The number of halogens is 2. The minimum absolute atomic E-state index is 0.301. The normalized spacial score (nSPS) is 11.0. The molecule has 0 amide bonds. The maximum Gasteiger partial charge on any atom is 0.166 e. The van der Waals surface area contributed by atoms with E-state index in [2.05, 4.69) is 6.07 Å². The molecule has 0 aliphatic heterocycles. The number of hydrogen-bond donors (Lipinski definition) is 0. The summed E-state index contributed by atoms with van der Waals surface area (Å²) in [6.45, 7) is 3.59. The van der Waals surface area contributed by atoms with E-state index in [-0.39, 0.29) is 0 Å². The van der Waals surface area contributed by atoms with Crippen LogP contribution in [0, 0.1) is 25.5 Å². The Morgan fingerprint density at radius 1 is 0.700 bits per heavy atom. The predicted molar refractivity (Wildman–Crippen MR) is 78.8 cm³/mol. The second kappa shape index (κ2) is 4.71. The maximum absolute atomic E-state index is 14.0. The summed E-state index contributed by atoms with van der Waals surface area (Å²) in [7, 11) is 0. The Labute approximate surface area is 116 Å². The van der Waals surface area contributed by atoms with Crippen molar-refractivity contribution < 1.29 is 8.78 Å². The van der Waals surface area contributed by atoms with Crippen LogP contribution in [0.3, 0.4) is 0 Å². The molecule has 0 spiro atoms. The van der Waals surface area contributed by atoms with Crippen LogP contribution < -0.4 is 0 Å². The summed E-state index contributed by atoms with van der Waals surface area (Å²) < 4.78 is 27.7. The highest BCUT2D eigenvalue weighted by molar-refractivity contribution is 5.88. The molecule has 0 aliphatic carbocycles. The Morgan fingerprint density at radius 3 is 2.20 bits per heavy atom. The van der Waals surface area contributed by atoms with E-state index in [1.54, 1.807) is 19.1 Å². The monoisotopic (exact) mass is 268 g/mol. The van der Waals surface area contributed by atoms with Gasteiger partial charge in [-0.2, -0.15) is 0 Å². The molecule has 0 atom stereocenters. The van der Waals surface area contributed by atoms with Crippen LogP contribution >= 0.6 is 0 Å². The smallest absolute Gasteiger partial charge is 0.166 e. The summed E-state index contributed by atoms with van der Waals surface area (Å²) in [4.78, 5) is 0. The minimum Gasteiger partial charge on any atom is -0.203 e. The van der Waals surface area contributed by atoms with E-state index in [4.69, 9.17) is 0 Å². The summed E-state index contributed by atoms with van der Waals surface area (Å²) in [6, 6.07) is 15.0. The van der Waals surface area contributed by atoms with Gasteiger partial charge in [-0.1, -0.05) is 48.0 Å². The molecule has 0 bridgehead atoms. The summed E-state index contributed by atoms with van der Waals surface area (Å²) in [5, 5.41) is 2.12. The second-order valence-electron chi connectivity index (χ2n) is 5.12. The van der Waals surface area contributed by atoms with Crippen molar-refractivity contribution in [2.45, 2.75) is 13.8 Å². The fourth-order valence-corrected chi connectivity index (χ4v) is 2.40. The highest BCUT2D eigenvalue weighted by Crippen LogP contribution is 2.29. The van der Waals surface area contributed by atoms with Crippen LogP contribution in [0.25, 0.3) is 21.9 Å². The van der Waals surface area contributed by atoms with Gasteiger partial charge in [0.05, 0.1) is 0 Å². The number of fused-ring (bicyclic) bond motifs is 1. The lowest BCUT2D eigenvalue weighted by molar-refractivity contribution is 0.505. The zero-order chi connectivity index (χ0) is 14.3. The van der Waals surface area contributed by atoms with E-state index >= 15 is 0 Å². The lowest BCUT2D eigenvalue weighted by Crippen LogP contribution is -1.93. The van der Waals surface area contributed by atoms with Crippen LogP contribution in [0.15, 0.2) is 48.5 Å². The molecule has 0 fully saturated rings. The average molecular weight is 268 g/mol. The molecule has 100 valence electrons. The molecule has 0 radical (unpaired) electrons. The molecule has 0 nitrogen and oxygen atoms in total. The Balaban J connectivity index is 2.20. The van der Waals surface area contributed by atoms with Crippen molar-refractivity contribution in [3.63, 3.8) is 0 Å². The average Bonchev–Trinajstić information content (AvgIpc) is 2.44. The maximum atomic E-state index is 14.0. The quantitative estimate of drug-likeness (QED) is 0.554. The standard InChI is InChI=1S/C18H14F2/c1-11-3-5-14-10-15(7-6-13(14)9-11)16-8-4-12(2)17(19)18(16)20/h3-10H,1-2H3. The lowest BCUT2D eigenvalue weighted by atomic mass is 9.99. The first kappa shape index (κ1) is 12.8. The zero-order valence-electron chi connectivity index (χ0n) is 11.4. The van der Waals surface area contributed by atoms with Gasteiger partial charge in [-0.25, -0.2) is 8.78 Å². The topological polar surface area (TPSA) is 0 Å². The molecule has 0 unspecified atom stereocenters. The SMILES string of the molecule is Cc1ccc2cc(-c3ccc(C)c(F)c3F)ccc2c1. The molecular weight excluding hydrogens is 254 g/mol. The molecule has 20 heavy (non-hydrogen) atoms. The minimum atomic E-state index is -0.781. The number of aryl methyl sites for hydroxylation is 2. The third-order valence-corrected chi connectivity index (χ3v) is 3.58. The van der Waals surface area contributed by atoms with E-state index in [0.29, 0.717) is 16.7 Å². The van der Waals surface area contributed by atoms with Crippen LogP contribution in [0.5, 0.6) is 0 Å². The largest absolute Gasteiger partial charge is 0.203 e. The third-order valence-electron chi connectivity index (χ3n) is 3.58. The zero-order valence-corrected chi connectivity index (χ0v) is 11.4. The van der Waals surface area contributed by atoms with Crippen LogP contribution in [-0.4, -0.2) is 0 Å². The molecule has 0 saturated carbocycles. The number of hydrogen-bond acceptors (Lipinski definition) is 0. The molecule has 0 saturated heterocycles. The van der Waals surface area contributed by atoms with Crippen LogP contribution in [0.4, 0.5) is 8.78 Å². The van der Waals surface area contributed by atoms with E-state index in [1.165, 1.54) is 5.56 Å². The first-order valence-corrected chi connectivity index (χ1v) is 6.51. The lowest BCUT2D eigenvalue weighted by Gasteiger charge is -2.08. The van der Waals surface area contributed by atoms with Crippen LogP contribution in [0.2, 0.25) is 0 Å². The van der Waals surface area contributed by atoms with Crippen LogP contribution in [-0.2, 0) is 0 Å². The van der Waals surface area contributed by atoms with Crippen LogP contribution in [0.1, 0.15) is 11.1 Å². The van der Waals surface area contributed by atoms with Crippen molar-refractivity contribution in [3.05, 3.63) is 71.3 Å². The van der Waals surface area contributed by atoms with Gasteiger partial charge >= 0.3 is 0 Å². The van der Waals surface area contributed by atoms with E-state index in [0.717, 1.165) is 10.8 Å². The van der Waals surface area contributed by atoms with Crippen molar-refractivity contribution in [2.75, 3.05) is 0 Å². The van der Waals surface area contributed by atoms with Gasteiger partial charge in [-0.15, -0.1) is 0 Å². The first-order chi connectivity index (χ1) is 9.56. The first-order valence-electron chi connectivity index (χ1n) is 6.51. The second-order valence-corrected chi connectivity index (χ2v) is 5.12. The predicted octanol–water partition coefficient (Wildman–Crippen LogP) is 5.40. The molecule has 3 aromatic rings. The van der Waals surface area contributed by atoms with Gasteiger partial charge < -0.3 is 0 Å². The number of benzene rings is 3. The molecule has 0 heterocycles. The molecule has 0 aromatic heterocycles. The van der Waals surface area contributed by atoms with E-state index in [9.17, 15) is 8.78 Å². The molecule has 3 aromatic carbocycles.